The molecule has 0 aliphatic rings. The van der Waals surface area contributed by atoms with E-state index in [0.717, 1.165) is 28.5 Å². The van der Waals surface area contributed by atoms with Crippen LogP contribution in [0.4, 0.5) is 0 Å². The summed E-state index contributed by atoms with van der Waals surface area (Å²) in [5.74, 6) is 0. The second-order valence-corrected chi connectivity index (χ2v) is 5.68. The molecule has 0 fully saturated rings. The van der Waals surface area contributed by atoms with Crippen LogP contribution in [-0.2, 0) is 6.42 Å². The number of nitrogens with two attached hydrogens (primary N) is 1. The van der Waals surface area contributed by atoms with E-state index < -0.39 is 0 Å². The molecule has 2 N–H and O–H groups in total. The van der Waals surface area contributed by atoms with Crippen molar-refractivity contribution in [3.05, 3.63) is 33.8 Å². The molecule has 0 saturated carbocycles. The topological polar surface area (TPSA) is 26.0 Å². The van der Waals surface area contributed by atoms with Gasteiger partial charge in [-0.05, 0) is 30.5 Å². The number of hydrogen-bond acceptors (Lipinski definition) is 1. The molecule has 3 heteroatoms. The Morgan fingerprint density at radius 3 is 2.28 bits per heavy atom. The van der Waals surface area contributed by atoms with E-state index in [1.807, 2.05) is 18.2 Å². The molecule has 0 aromatic heterocycles. The molecule has 1 nitrogen and oxygen atoms in total. The summed E-state index contributed by atoms with van der Waals surface area (Å²) >= 11 is 12.3. The molecule has 102 valence electrons. The highest BCUT2D eigenvalue weighted by molar-refractivity contribution is 6.35. The molecule has 1 unspecified atom stereocenters. The summed E-state index contributed by atoms with van der Waals surface area (Å²) in [5.41, 5.74) is 7.13. The van der Waals surface area contributed by atoms with Crippen molar-refractivity contribution in [3.8, 4) is 0 Å². The van der Waals surface area contributed by atoms with Crippen LogP contribution in [-0.4, -0.2) is 6.04 Å². The summed E-state index contributed by atoms with van der Waals surface area (Å²) in [5, 5.41) is 1.45. The van der Waals surface area contributed by atoms with E-state index in [0.29, 0.717) is 0 Å². The zero-order valence-electron chi connectivity index (χ0n) is 11.1. The Morgan fingerprint density at radius 1 is 1.06 bits per heavy atom. The molecule has 0 saturated heterocycles. The van der Waals surface area contributed by atoms with Gasteiger partial charge >= 0.3 is 0 Å². The van der Waals surface area contributed by atoms with E-state index in [1.165, 1.54) is 32.1 Å². The van der Waals surface area contributed by atoms with E-state index in [4.69, 9.17) is 28.9 Å². The summed E-state index contributed by atoms with van der Waals surface area (Å²) in [6, 6.07) is 5.77. The van der Waals surface area contributed by atoms with Crippen molar-refractivity contribution in [3.63, 3.8) is 0 Å². The lowest BCUT2D eigenvalue weighted by Gasteiger charge is -2.13. The lowest BCUT2D eigenvalue weighted by molar-refractivity contribution is 0.538. The fourth-order valence-corrected chi connectivity index (χ4v) is 2.65. The Bertz CT molecular complexity index is 332. The second kappa shape index (κ2) is 8.79. The summed E-state index contributed by atoms with van der Waals surface area (Å²) in [4.78, 5) is 0. The number of unbranched alkanes of at least 4 members (excludes halogenated alkanes) is 4. The minimum absolute atomic E-state index is 0.157. The maximum absolute atomic E-state index is 6.14. The van der Waals surface area contributed by atoms with Crippen LogP contribution in [0.15, 0.2) is 18.2 Å². The first-order valence-corrected chi connectivity index (χ1v) is 7.59. The first-order valence-electron chi connectivity index (χ1n) is 6.83. The molecule has 0 spiro atoms. The average Bonchev–Trinajstić information content (AvgIpc) is 2.34. The molecular weight excluding hydrogens is 265 g/mol. The van der Waals surface area contributed by atoms with Crippen molar-refractivity contribution >= 4 is 23.2 Å². The van der Waals surface area contributed by atoms with Gasteiger partial charge in [0, 0.05) is 16.1 Å². The molecular formula is C15H23Cl2N. The van der Waals surface area contributed by atoms with Crippen molar-refractivity contribution in [1.29, 1.82) is 0 Å². The van der Waals surface area contributed by atoms with Gasteiger partial charge in [-0.2, -0.15) is 0 Å². The van der Waals surface area contributed by atoms with Gasteiger partial charge in [0.05, 0.1) is 0 Å². The van der Waals surface area contributed by atoms with Crippen molar-refractivity contribution in [2.45, 2.75) is 57.9 Å². The summed E-state index contributed by atoms with van der Waals surface area (Å²) in [7, 11) is 0. The Balaban J connectivity index is 2.33. The van der Waals surface area contributed by atoms with E-state index in [1.54, 1.807) is 0 Å². The molecule has 0 amide bonds. The highest BCUT2D eigenvalue weighted by atomic mass is 35.5. The minimum atomic E-state index is 0.157. The fraction of sp³-hybridized carbons (Fsp3) is 0.600. The van der Waals surface area contributed by atoms with Gasteiger partial charge in [-0.3, -0.25) is 0 Å². The van der Waals surface area contributed by atoms with Crippen LogP contribution in [0.3, 0.4) is 0 Å². The Labute approximate surface area is 121 Å². The van der Waals surface area contributed by atoms with Gasteiger partial charge in [0.1, 0.15) is 0 Å². The molecule has 0 bridgehead atoms. The summed E-state index contributed by atoms with van der Waals surface area (Å²) in [6.07, 6.45) is 8.21. The first-order chi connectivity index (χ1) is 8.65. The van der Waals surface area contributed by atoms with Gasteiger partial charge in [-0.15, -0.1) is 0 Å². The molecule has 1 aromatic carbocycles. The zero-order valence-corrected chi connectivity index (χ0v) is 12.6. The first kappa shape index (κ1) is 15.8. The Hall–Kier alpha value is -0.240. The number of halogens is 2. The Kier molecular flexibility index (Phi) is 7.73. The summed E-state index contributed by atoms with van der Waals surface area (Å²) in [6.45, 7) is 2.23. The Morgan fingerprint density at radius 2 is 1.67 bits per heavy atom. The van der Waals surface area contributed by atoms with Crippen molar-refractivity contribution in [2.24, 2.45) is 5.73 Å². The minimum Gasteiger partial charge on any atom is -0.327 e. The van der Waals surface area contributed by atoms with Crippen LogP contribution < -0.4 is 5.73 Å². The molecule has 1 atom stereocenters. The third-order valence-corrected chi connectivity index (χ3v) is 3.91. The van der Waals surface area contributed by atoms with Gasteiger partial charge in [-0.1, -0.05) is 68.3 Å². The van der Waals surface area contributed by atoms with Crippen LogP contribution in [0.25, 0.3) is 0 Å². The standard InChI is InChI=1S/C15H23Cl2N/c1-2-3-4-5-6-8-12(18)11-13-14(16)9-7-10-15(13)17/h7,9-10,12H,2-6,8,11,18H2,1H3. The molecule has 1 rings (SSSR count). The highest BCUT2D eigenvalue weighted by Crippen LogP contribution is 2.26. The van der Waals surface area contributed by atoms with Crippen molar-refractivity contribution in [1.82, 2.24) is 0 Å². The van der Waals surface area contributed by atoms with E-state index >= 15 is 0 Å². The molecule has 1 aromatic rings. The third-order valence-electron chi connectivity index (χ3n) is 3.21. The number of rotatable bonds is 8. The normalized spacial score (nSPS) is 12.7. The smallest absolute Gasteiger partial charge is 0.0453 e. The van der Waals surface area contributed by atoms with Crippen molar-refractivity contribution < 1.29 is 0 Å². The molecule has 0 radical (unpaired) electrons. The maximum Gasteiger partial charge on any atom is 0.0453 e. The number of hydrogen-bond donors (Lipinski definition) is 1. The summed E-state index contributed by atoms with van der Waals surface area (Å²) < 4.78 is 0. The average molecular weight is 288 g/mol. The zero-order chi connectivity index (χ0) is 13.4. The lowest BCUT2D eigenvalue weighted by Crippen LogP contribution is -2.23. The van der Waals surface area contributed by atoms with Crippen LogP contribution >= 0.6 is 23.2 Å². The largest absolute Gasteiger partial charge is 0.327 e. The molecule has 0 aliphatic heterocycles. The monoisotopic (exact) mass is 287 g/mol. The quantitative estimate of drug-likeness (QED) is 0.652. The van der Waals surface area contributed by atoms with E-state index in [2.05, 4.69) is 6.92 Å². The van der Waals surface area contributed by atoms with Crippen LogP contribution in [0.2, 0.25) is 10.0 Å². The van der Waals surface area contributed by atoms with Crippen LogP contribution in [0, 0.1) is 0 Å². The van der Waals surface area contributed by atoms with Gasteiger partial charge in [0.25, 0.3) is 0 Å². The maximum atomic E-state index is 6.14. The molecule has 0 heterocycles. The third kappa shape index (κ3) is 5.60. The predicted octanol–water partition coefficient (Wildman–Crippen LogP) is 5.22. The van der Waals surface area contributed by atoms with Crippen LogP contribution in [0.1, 0.15) is 51.0 Å². The predicted molar refractivity (Wildman–Crippen MR) is 81.5 cm³/mol. The lowest BCUT2D eigenvalue weighted by atomic mass is 10.0. The van der Waals surface area contributed by atoms with Crippen molar-refractivity contribution in [2.75, 3.05) is 0 Å². The molecule has 0 aliphatic carbocycles. The van der Waals surface area contributed by atoms with Gasteiger partial charge < -0.3 is 5.73 Å². The SMILES string of the molecule is CCCCCCCC(N)Cc1c(Cl)cccc1Cl. The fourth-order valence-electron chi connectivity index (χ4n) is 2.10. The van der Waals surface area contributed by atoms with E-state index in [9.17, 15) is 0 Å². The van der Waals surface area contributed by atoms with E-state index in [-0.39, 0.29) is 6.04 Å². The van der Waals surface area contributed by atoms with Gasteiger partial charge in [-0.25, -0.2) is 0 Å². The van der Waals surface area contributed by atoms with Crippen LogP contribution in [0.5, 0.6) is 0 Å². The highest BCUT2D eigenvalue weighted by Gasteiger charge is 2.10. The number of benzene rings is 1. The molecule has 18 heavy (non-hydrogen) atoms. The van der Waals surface area contributed by atoms with Gasteiger partial charge in [0.15, 0.2) is 0 Å². The second-order valence-electron chi connectivity index (χ2n) is 4.87. The van der Waals surface area contributed by atoms with Gasteiger partial charge in [0.2, 0.25) is 0 Å².